The summed E-state index contributed by atoms with van der Waals surface area (Å²) in [5.41, 5.74) is 5.33. The Morgan fingerprint density at radius 3 is 2.26 bits per heavy atom. The molecule has 1 atom stereocenters. The Bertz CT molecular complexity index is 306. The number of unbranched alkanes of at least 4 members (excludes halogenated alkanes) is 1. The monoisotopic (exact) mass is 274 g/mol. The van der Waals surface area contributed by atoms with Crippen molar-refractivity contribution >= 4 is 17.8 Å². The van der Waals surface area contributed by atoms with Crippen molar-refractivity contribution in [1.29, 1.82) is 0 Å². The van der Waals surface area contributed by atoms with Gasteiger partial charge in [-0.1, -0.05) is 6.42 Å². The number of hydrogen-bond acceptors (Lipinski definition) is 4. The quantitative estimate of drug-likeness (QED) is 0.398. The minimum absolute atomic E-state index is 0.0632. The molecule has 7 nitrogen and oxygen atoms in total. The molecule has 1 amide bonds. The lowest BCUT2D eigenvalue weighted by Crippen LogP contribution is -2.33. The van der Waals surface area contributed by atoms with Crippen LogP contribution in [0.4, 0.5) is 0 Å². The van der Waals surface area contributed by atoms with E-state index in [1.54, 1.807) is 0 Å². The fourth-order valence-electron chi connectivity index (χ4n) is 1.57. The van der Waals surface area contributed by atoms with Crippen LogP contribution in [-0.4, -0.2) is 41.1 Å². The van der Waals surface area contributed by atoms with Crippen molar-refractivity contribution < 1.29 is 24.6 Å². The van der Waals surface area contributed by atoms with Crippen LogP contribution in [0.2, 0.25) is 0 Å². The number of carbonyl (C=O) groups is 3. The molecule has 0 saturated heterocycles. The number of nitrogens with one attached hydrogen (secondary N) is 1. The number of carboxylic acids is 2. The molecular formula is C12H22N2O5. The molecule has 0 aromatic rings. The molecule has 0 saturated carbocycles. The molecule has 0 bridgehead atoms. The van der Waals surface area contributed by atoms with Gasteiger partial charge in [-0.3, -0.25) is 14.4 Å². The summed E-state index contributed by atoms with van der Waals surface area (Å²) < 4.78 is 0. The Morgan fingerprint density at radius 2 is 1.74 bits per heavy atom. The van der Waals surface area contributed by atoms with Crippen molar-refractivity contribution in [2.24, 2.45) is 11.7 Å². The van der Waals surface area contributed by atoms with Gasteiger partial charge in [0.15, 0.2) is 0 Å². The van der Waals surface area contributed by atoms with Crippen LogP contribution in [-0.2, 0) is 14.4 Å². The maximum Gasteiger partial charge on any atom is 0.308 e. The van der Waals surface area contributed by atoms with Gasteiger partial charge in [-0.2, -0.15) is 0 Å². The Morgan fingerprint density at radius 1 is 1.05 bits per heavy atom. The lowest BCUT2D eigenvalue weighted by Gasteiger charge is -2.13. The van der Waals surface area contributed by atoms with Gasteiger partial charge in [-0.15, -0.1) is 0 Å². The second-order valence-corrected chi connectivity index (χ2v) is 4.37. The second-order valence-electron chi connectivity index (χ2n) is 4.37. The Hall–Kier alpha value is -1.63. The number of amides is 1. The lowest BCUT2D eigenvalue weighted by atomic mass is 10.0. The summed E-state index contributed by atoms with van der Waals surface area (Å²) >= 11 is 0. The van der Waals surface area contributed by atoms with Crippen LogP contribution in [0.5, 0.6) is 0 Å². The Labute approximate surface area is 112 Å². The van der Waals surface area contributed by atoms with Gasteiger partial charge in [0.1, 0.15) is 0 Å². The molecule has 0 aliphatic rings. The highest BCUT2D eigenvalue weighted by atomic mass is 16.4. The van der Waals surface area contributed by atoms with Crippen molar-refractivity contribution in [2.45, 2.75) is 38.5 Å². The summed E-state index contributed by atoms with van der Waals surface area (Å²) in [5.74, 6) is -2.82. The van der Waals surface area contributed by atoms with E-state index in [9.17, 15) is 14.4 Å². The fourth-order valence-corrected chi connectivity index (χ4v) is 1.57. The fraction of sp³-hybridized carbons (Fsp3) is 0.750. The molecule has 0 fully saturated rings. The molecule has 5 N–H and O–H groups in total. The summed E-state index contributed by atoms with van der Waals surface area (Å²) in [4.78, 5) is 32.6. The second kappa shape index (κ2) is 10.3. The van der Waals surface area contributed by atoms with Gasteiger partial charge >= 0.3 is 11.9 Å². The third-order valence-electron chi connectivity index (χ3n) is 2.70. The predicted octanol–water partition coefficient (Wildman–Crippen LogP) is 0.187. The Balaban J connectivity index is 3.86. The summed E-state index contributed by atoms with van der Waals surface area (Å²) in [6.07, 6.45) is 2.24. The minimum atomic E-state index is -0.946. The van der Waals surface area contributed by atoms with E-state index in [1.165, 1.54) is 0 Å². The van der Waals surface area contributed by atoms with E-state index in [2.05, 4.69) is 5.32 Å². The smallest absolute Gasteiger partial charge is 0.308 e. The van der Waals surface area contributed by atoms with Gasteiger partial charge < -0.3 is 21.3 Å². The maximum absolute atomic E-state index is 11.4. The van der Waals surface area contributed by atoms with E-state index in [1.807, 2.05) is 0 Å². The van der Waals surface area contributed by atoms with Crippen LogP contribution in [0.25, 0.3) is 0 Å². The average molecular weight is 274 g/mol. The van der Waals surface area contributed by atoms with Gasteiger partial charge in [0.05, 0.1) is 5.92 Å². The number of aliphatic carboxylic acids is 2. The zero-order valence-corrected chi connectivity index (χ0v) is 10.9. The molecule has 0 aromatic carbocycles. The summed E-state index contributed by atoms with van der Waals surface area (Å²) in [6.45, 7) is 0.597. The zero-order valence-electron chi connectivity index (χ0n) is 10.9. The van der Waals surface area contributed by atoms with Crippen LogP contribution in [0, 0.1) is 5.92 Å². The first-order valence-corrected chi connectivity index (χ1v) is 6.38. The first kappa shape index (κ1) is 17.4. The third kappa shape index (κ3) is 10.0. The number of hydrogen-bond donors (Lipinski definition) is 4. The Kier molecular flexibility index (Phi) is 9.42. The van der Waals surface area contributed by atoms with Crippen molar-refractivity contribution in [1.82, 2.24) is 5.32 Å². The standard InChI is InChI=1S/C12H22N2O5/c13-7-2-1-4-9(12(18)19)8-14-10(15)5-3-6-11(16)17/h9H,1-8,13H2,(H,14,15)(H,16,17)(H,18,19). The SMILES string of the molecule is NCCCCC(CNC(=O)CCCC(=O)O)C(=O)O. The predicted molar refractivity (Wildman–Crippen MR) is 68.5 cm³/mol. The van der Waals surface area contributed by atoms with E-state index in [-0.39, 0.29) is 31.7 Å². The average Bonchev–Trinajstić information content (AvgIpc) is 2.32. The summed E-state index contributed by atoms with van der Waals surface area (Å²) in [5, 5.41) is 19.9. The van der Waals surface area contributed by atoms with Gasteiger partial charge in [-0.25, -0.2) is 0 Å². The van der Waals surface area contributed by atoms with Crippen LogP contribution in [0.1, 0.15) is 38.5 Å². The van der Waals surface area contributed by atoms with Gasteiger partial charge in [0, 0.05) is 19.4 Å². The molecule has 0 aliphatic heterocycles. The highest BCUT2D eigenvalue weighted by Gasteiger charge is 2.17. The molecule has 1 unspecified atom stereocenters. The maximum atomic E-state index is 11.4. The molecule has 0 spiro atoms. The first-order chi connectivity index (χ1) is 8.97. The highest BCUT2D eigenvalue weighted by molar-refractivity contribution is 5.78. The number of carboxylic acid groups (broad SMARTS) is 2. The molecule has 0 aromatic heterocycles. The van der Waals surface area contributed by atoms with Crippen LogP contribution in [0.3, 0.4) is 0 Å². The molecular weight excluding hydrogens is 252 g/mol. The number of rotatable bonds is 11. The van der Waals surface area contributed by atoms with E-state index in [0.717, 1.165) is 6.42 Å². The largest absolute Gasteiger partial charge is 0.481 e. The van der Waals surface area contributed by atoms with Crippen molar-refractivity contribution in [3.05, 3.63) is 0 Å². The van der Waals surface area contributed by atoms with Gasteiger partial charge in [-0.05, 0) is 25.8 Å². The zero-order chi connectivity index (χ0) is 14.7. The molecule has 0 heterocycles. The van der Waals surface area contributed by atoms with Crippen LogP contribution in [0.15, 0.2) is 0 Å². The normalized spacial score (nSPS) is 11.8. The molecule has 7 heteroatoms. The van der Waals surface area contributed by atoms with Gasteiger partial charge in [0.2, 0.25) is 5.91 Å². The van der Waals surface area contributed by atoms with Crippen molar-refractivity contribution in [3.8, 4) is 0 Å². The topological polar surface area (TPSA) is 130 Å². The third-order valence-corrected chi connectivity index (χ3v) is 2.70. The van der Waals surface area contributed by atoms with Crippen molar-refractivity contribution in [3.63, 3.8) is 0 Å². The highest BCUT2D eigenvalue weighted by Crippen LogP contribution is 2.08. The molecule has 0 radical (unpaired) electrons. The van der Waals surface area contributed by atoms with E-state index >= 15 is 0 Å². The van der Waals surface area contributed by atoms with E-state index in [0.29, 0.717) is 19.4 Å². The molecule has 0 rings (SSSR count). The first-order valence-electron chi connectivity index (χ1n) is 6.38. The molecule has 19 heavy (non-hydrogen) atoms. The number of carbonyl (C=O) groups excluding carboxylic acids is 1. The van der Waals surface area contributed by atoms with Gasteiger partial charge in [0.25, 0.3) is 0 Å². The lowest BCUT2D eigenvalue weighted by molar-refractivity contribution is -0.142. The van der Waals surface area contributed by atoms with E-state index < -0.39 is 17.9 Å². The molecule has 110 valence electrons. The summed E-state index contributed by atoms with van der Waals surface area (Å²) in [6, 6.07) is 0. The number of nitrogens with two attached hydrogens (primary N) is 1. The van der Waals surface area contributed by atoms with E-state index in [4.69, 9.17) is 15.9 Å². The van der Waals surface area contributed by atoms with Crippen LogP contribution >= 0.6 is 0 Å². The van der Waals surface area contributed by atoms with Crippen molar-refractivity contribution in [2.75, 3.05) is 13.1 Å². The minimum Gasteiger partial charge on any atom is -0.481 e. The van der Waals surface area contributed by atoms with Crippen LogP contribution < -0.4 is 11.1 Å². The molecule has 0 aliphatic carbocycles. The summed E-state index contributed by atoms with van der Waals surface area (Å²) in [7, 11) is 0.